The van der Waals surface area contributed by atoms with Crippen LogP contribution < -0.4 is 21.3 Å². The second kappa shape index (κ2) is 23.2. The van der Waals surface area contributed by atoms with E-state index < -0.39 is 23.4 Å². The van der Waals surface area contributed by atoms with Crippen molar-refractivity contribution >= 4 is 34.8 Å². The van der Waals surface area contributed by atoms with Gasteiger partial charge in [0.2, 0.25) is 0 Å². The molecule has 2 fully saturated rings. The normalized spacial score (nSPS) is 18.3. The topological polar surface area (TPSA) is 132 Å². The lowest BCUT2D eigenvalue weighted by Crippen LogP contribution is -2.60. The van der Waals surface area contributed by atoms with Crippen LogP contribution in [0.5, 0.6) is 0 Å². The molecule has 4 aromatic rings. The van der Waals surface area contributed by atoms with Gasteiger partial charge in [0, 0.05) is 11.1 Å². The molecule has 62 heavy (non-hydrogen) atoms. The van der Waals surface area contributed by atoms with Crippen molar-refractivity contribution in [2.45, 2.75) is 167 Å². The van der Waals surface area contributed by atoms with E-state index in [1.165, 1.54) is 125 Å². The van der Waals surface area contributed by atoms with Gasteiger partial charge < -0.3 is 21.3 Å². The first-order chi connectivity index (χ1) is 30.3. The van der Waals surface area contributed by atoms with Crippen LogP contribution in [0.3, 0.4) is 0 Å². The van der Waals surface area contributed by atoms with Crippen LogP contribution in [-0.4, -0.2) is 12.1 Å². The van der Waals surface area contributed by atoms with E-state index in [9.17, 15) is 9.59 Å². The molecule has 4 aromatic carbocycles. The van der Waals surface area contributed by atoms with Crippen molar-refractivity contribution in [1.29, 1.82) is 0 Å². The minimum absolute atomic E-state index is 0.412. The average Bonchev–Trinajstić information content (AvgIpc) is 3.72. The number of hydrogen-bond donors (Lipinski definition) is 4. The third kappa shape index (κ3) is 12.2. The second-order valence-electron chi connectivity index (χ2n) is 17.4. The number of aryl methyl sites for hydroxylation is 4. The molecular weight excluding hydrogens is 769 g/mol. The van der Waals surface area contributed by atoms with Crippen LogP contribution in [0.15, 0.2) is 105 Å². The van der Waals surface area contributed by atoms with Gasteiger partial charge in [0.25, 0.3) is 0 Å². The Morgan fingerprint density at radius 1 is 0.355 bits per heavy atom. The average molecular weight is 839 g/mol. The van der Waals surface area contributed by atoms with Gasteiger partial charge in [-0.1, -0.05) is 141 Å². The number of azo groups is 2. The number of unbranched alkanes of at least 4 members (excludes halogenated alkanes) is 12. The van der Waals surface area contributed by atoms with Crippen LogP contribution in [-0.2, 0) is 37.0 Å². The fraction of sp³-hybridized carbons (Fsp3) is 0.500. The zero-order valence-corrected chi connectivity index (χ0v) is 37.8. The highest BCUT2D eigenvalue weighted by Crippen LogP contribution is 2.44. The molecule has 0 saturated carbocycles. The standard InChI is InChI=1S/C52H70N8O2/c1-5-9-13-17-21-39-33-40(22-18-14-10-6-2)36-47(35-39)59-57-45-29-25-43(26-30-45)51-52(55-49(61)53-51,56-50(62)54-51)44-27-31-46(32-28-44)58-60-48-37-41(23-19-15-11-7-3)34-42(38-48)24-20-16-12-8-4/h25-38H,5-24H2,1-4H3,(H2,53,55,61)(H2,54,56,62). The summed E-state index contributed by atoms with van der Waals surface area (Å²) in [5, 5.41) is 30.8. The molecule has 0 radical (unpaired) electrons. The fourth-order valence-electron chi connectivity index (χ4n) is 8.89. The zero-order chi connectivity index (χ0) is 43.6. The quantitative estimate of drug-likeness (QED) is 0.0370. The van der Waals surface area contributed by atoms with Gasteiger partial charge in [-0.3, -0.25) is 0 Å². The van der Waals surface area contributed by atoms with Crippen LogP contribution >= 0.6 is 0 Å². The van der Waals surface area contributed by atoms with Crippen LogP contribution in [0.4, 0.5) is 32.3 Å². The van der Waals surface area contributed by atoms with Gasteiger partial charge >= 0.3 is 12.1 Å². The van der Waals surface area contributed by atoms with E-state index in [0.717, 1.165) is 37.1 Å². The van der Waals surface area contributed by atoms with Crippen molar-refractivity contribution in [2.24, 2.45) is 20.5 Å². The van der Waals surface area contributed by atoms with Gasteiger partial charge in [-0.05, 0) is 122 Å². The highest BCUT2D eigenvalue weighted by atomic mass is 16.2. The van der Waals surface area contributed by atoms with Crippen LogP contribution in [0.1, 0.15) is 164 Å². The summed E-state index contributed by atoms with van der Waals surface area (Å²) >= 11 is 0. The van der Waals surface area contributed by atoms with E-state index in [-0.39, 0.29) is 0 Å². The third-order valence-corrected chi connectivity index (χ3v) is 12.3. The van der Waals surface area contributed by atoms with Crippen molar-refractivity contribution in [2.75, 3.05) is 0 Å². The molecule has 0 unspecified atom stereocenters. The fourth-order valence-corrected chi connectivity index (χ4v) is 8.89. The lowest BCUT2D eigenvalue weighted by molar-refractivity contribution is 0.208. The first kappa shape index (κ1) is 46.1. The predicted octanol–water partition coefficient (Wildman–Crippen LogP) is 14.6. The summed E-state index contributed by atoms with van der Waals surface area (Å²) in [4.78, 5) is 26.4. The Bertz CT molecular complexity index is 1880. The molecular formula is C52H70N8O2. The smallest absolute Gasteiger partial charge is 0.307 e. The Kier molecular flexibility index (Phi) is 17.2. The van der Waals surface area contributed by atoms with E-state index in [1.807, 2.05) is 48.5 Å². The Labute approximate surface area is 370 Å². The second-order valence-corrected chi connectivity index (χ2v) is 17.4. The summed E-state index contributed by atoms with van der Waals surface area (Å²) in [7, 11) is 0. The Balaban J connectivity index is 1.19. The van der Waals surface area contributed by atoms with Crippen LogP contribution in [0.25, 0.3) is 0 Å². The maximum atomic E-state index is 13.2. The van der Waals surface area contributed by atoms with Crippen LogP contribution in [0.2, 0.25) is 0 Å². The van der Waals surface area contributed by atoms with E-state index in [4.69, 9.17) is 10.2 Å². The number of rotatable bonds is 26. The molecule has 2 aliphatic heterocycles. The molecule has 0 spiro atoms. The number of amides is 4. The summed E-state index contributed by atoms with van der Waals surface area (Å²) in [5.41, 5.74) is 7.07. The van der Waals surface area contributed by atoms with Gasteiger partial charge in [-0.15, -0.1) is 0 Å². The highest BCUT2D eigenvalue weighted by Gasteiger charge is 2.66. The highest BCUT2D eigenvalue weighted by molar-refractivity contribution is 5.89. The van der Waals surface area contributed by atoms with Gasteiger partial charge in [0.05, 0.1) is 22.7 Å². The minimum atomic E-state index is -1.32. The van der Waals surface area contributed by atoms with E-state index in [1.54, 1.807) is 0 Å². The third-order valence-electron chi connectivity index (χ3n) is 12.3. The lowest BCUT2D eigenvalue weighted by atomic mass is 9.83. The molecule has 0 bridgehead atoms. The van der Waals surface area contributed by atoms with Crippen molar-refractivity contribution in [3.05, 3.63) is 118 Å². The molecule has 2 aliphatic rings. The number of fused-ring (bicyclic) bond motifs is 1. The van der Waals surface area contributed by atoms with Crippen molar-refractivity contribution in [1.82, 2.24) is 21.3 Å². The molecule has 0 aliphatic carbocycles. The largest absolute Gasteiger partial charge is 0.319 e. The van der Waals surface area contributed by atoms with E-state index in [2.05, 4.69) is 95.6 Å². The summed E-state index contributed by atoms with van der Waals surface area (Å²) in [6.07, 6.45) is 23.8. The van der Waals surface area contributed by atoms with Crippen molar-refractivity contribution in [3.8, 4) is 0 Å². The molecule has 4 N–H and O–H groups in total. The van der Waals surface area contributed by atoms with Gasteiger partial charge in [0.15, 0.2) is 11.3 Å². The van der Waals surface area contributed by atoms with Crippen LogP contribution in [0, 0.1) is 0 Å². The summed E-state index contributed by atoms with van der Waals surface area (Å²) < 4.78 is 0. The van der Waals surface area contributed by atoms with E-state index in [0.29, 0.717) is 22.5 Å². The zero-order valence-electron chi connectivity index (χ0n) is 37.8. The molecule has 2 saturated heterocycles. The molecule has 10 nitrogen and oxygen atoms in total. The molecule has 10 heteroatoms. The SMILES string of the molecule is CCCCCCc1cc(CCCCCC)cc(N=Nc2ccc(C34NC(=O)NC3(c3ccc(N=Nc5cc(CCCCCC)cc(CCCCCC)c5)cc3)NC(=O)N4)cc2)c1. The lowest BCUT2D eigenvalue weighted by Gasteiger charge is -2.37. The molecule has 2 heterocycles. The number of carbonyl (C=O) groups is 2. The Hall–Kier alpha value is -5.38. The number of carbonyl (C=O) groups excluding carboxylic acids is 2. The van der Waals surface area contributed by atoms with E-state index >= 15 is 0 Å². The van der Waals surface area contributed by atoms with Gasteiger partial charge in [0.1, 0.15) is 0 Å². The summed E-state index contributed by atoms with van der Waals surface area (Å²) in [5.74, 6) is 0. The summed E-state index contributed by atoms with van der Waals surface area (Å²) in [6, 6.07) is 27.5. The Morgan fingerprint density at radius 2 is 0.629 bits per heavy atom. The molecule has 330 valence electrons. The Morgan fingerprint density at radius 3 is 0.903 bits per heavy atom. The van der Waals surface area contributed by atoms with Crippen molar-refractivity contribution < 1.29 is 9.59 Å². The number of benzene rings is 4. The molecule has 0 aromatic heterocycles. The molecule has 4 amide bonds. The van der Waals surface area contributed by atoms with Gasteiger partial charge in [-0.2, -0.15) is 20.5 Å². The number of nitrogens with one attached hydrogen (secondary N) is 4. The predicted molar refractivity (Wildman–Crippen MR) is 252 cm³/mol. The molecule has 6 rings (SSSR count). The van der Waals surface area contributed by atoms with Crippen molar-refractivity contribution in [3.63, 3.8) is 0 Å². The number of hydrogen-bond acceptors (Lipinski definition) is 6. The van der Waals surface area contributed by atoms with Gasteiger partial charge in [-0.25, -0.2) is 9.59 Å². The maximum absolute atomic E-state index is 13.2. The monoisotopic (exact) mass is 839 g/mol. The first-order valence-electron chi connectivity index (χ1n) is 23.8. The maximum Gasteiger partial charge on any atom is 0.319 e. The number of nitrogens with zero attached hydrogens (tertiary/aromatic N) is 4. The number of urea groups is 2. The molecule has 0 atom stereocenters. The minimum Gasteiger partial charge on any atom is -0.307 e. The summed E-state index contributed by atoms with van der Waals surface area (Å²) in [6.45, 7) is 8.97. The first-order valence-corrected chi connectivity index (χ1v) is 23.8.